The van der Waals surface area contributed by atoms with Crippen LogP contribution in [-0.2, 0) is 6.18 Å². The minimum absolute atomic E-state index is 0.0279. The molecule has 1 unspecified atom stereocenters. The van der Waals surface area contributed by atoms with Gasteiger partial charge < -0.3 is 10.6 Å². The number of aromatic nitrogens is 1. The maximum absolute atomic E-state index is 12.6. The molecule has 2 heterocycles. The molecule has 0 amide bonds. The number of nitrogens with two attached hydrogens (primary N) is 1. The Morgan fingerprint density at radius 3 is 2.70 bits per heavy atom. The highest BCUT2D eigenvalue weighted by Gasteiger charge is 2.32. The predicted molar refractivity (Wildman–Crippen MR) is 72.9 cm³/mol. The number of nitrogens with zero attached hydrogens (tertiary/aromatic N) is 2. The first-order valence-electron chi connectivity index (χ1n) is 6.63. The third kappa shape index (κ3) is 3.35. The number of halogens is 4. The zero-order valence-electron chi connectivity index (χ0n) is 11.0. The van der Waals surface area contributed by atoms with Gasteiger partial charge in [0.25, 0.3) is 0 Å². The van der Waals surface area contributed by atoms with Crippen LogP contribution in [0.1, 0.15) is 31.2 Å². The third-order valence-corrected chi connectivity index (χ3v) is 3.85. The van der Waals surface area contributed by atoms with Gasteiger partial charge in [-0.2, -0.15) is 13.2 Å². The van der Waals surface area contributed by atoms with Gasteiger partial charge in [-0.25, -0.2) is 4.98 Å². The zero-order valence-corrected chi connectivity index (χ0v) is 11.7. The van der Waals surface area contributed by atoms with Gasteiger partial charge in [-0.3, -0.25) is 0 Å². The van der Waals surface area contributed by atoms with Gasteiger partial charge >= 0.3 is 6.18 Å². The van der Waals surface area contributed by atoms with E-state index in [0.717, 1.165) is 44.5 Å². The Morgan fingerprint density at radius 1 is 1.35 bits per heavy atom. The van der Waals surface area contributed by atoms with Crippen LogP contribution >= 0.6 is 11.6 Å². The van der Waals surface area contributed by atoms with Crippen molar-refractivity contribution in [2.45, 2.75) is 37.9 Å². The first-order valence-corrected chi connectivity index (χ1v) is 7.00. The van der Waals surface area contributed by atoms with E-state index in [1.54, 1.807) is 0 Å². The monoisotopic (exact) mass is 307 g/mol. The van der Waals surface area contributed by atoms with E-state index in [0.29, 0.717) is 12.4 Å². The van der Waals surface area contributed by atoms with Gasteiger partial charge in [0.2, 0.25) is 0 Å². The van der Waals surface area contributed by atoms with Crippen molar-refractivity contribution in [2.75, 3.05) is 18.0 Å². The van der Waals surface area contributed by atoms with Crippen LogP contribution < -0.4 is 10.6 Å². The Morgan fingerprint density at radius 2 is 2.10 bits per heavy atom. The molecular weight excluding hydrogens is 291 g/mol. The van der Waals surface area contributed by atoms with E-state index in [9.17, 15) is 13.2 Å². The van der Waals surface area contributed by atoms with Crippen LogP contribution in [0.25, 0.3) is 0 Å². The smallest absolute Gasteiger partial charge is 0.351 e. The highest BCUT2D eigenvalue weighted by Crippen LogP contribution is 2.34. The van der Waals surface area contributed by atoms with Gasteiger partial charge in [0.05, 0.1) is 10.6 Å². The van der Waals surface area contributed by atoms with Crippen molar-refractivity contribution in [2.24, 2.45) is 5.73 Å². The van der Waals surface area contributed by atoms with Crippen molar-refractivity contribution in [3.05, 3.63) is 22.8 Å². The van der Waals surface area contributed by atoms with Crippen molar-refractivity contribution in [3.63, 3.8) is 0 Å². The number of pyridine rings is 1. The molecule has 0 spiro atoms. The normalized spacial score (nSPS) is 20.9. The lowest BCUT2D eigenvalue weighted by atomic mass is 10.1. The molecule has 2 N–H and O–H groups in total. The first kappa shape index (κ1) is 15.4. The van der Waals surface area contributed by atoms with Crippen LogP contribution in [0.2, 0.25) is 5.02 Å². The SMILES string of the molecule is NCC1CCCCCN1c1ncc(C(F)(F)F)cc1Cl. The minimum Gasteiger partial charge on any atom is -0.351 e. The Labute approximate surface area is 120 Å². The molecule has 20 heavy (non-hydrogen) atoms. The Hall–Kier alpha value is -1.01. The maximum atomic E-state index is 12.6. The lowest BCUT2D eigenvalue weighted by Gasteiger charge is -2.31. The molecule has 0 saturated carbocycles. The van der Waals surface area contributed by atoms with Crippen LogP contribution in [0.3, 0.4) is 0 Å². The van der Waals surface area contributed by atoms with Crippen molar-refractivity contribution in [1.82, 2.24) is 4.98 Å². The van der Waals surface area contributed by atoms with Crippen LogP contribution in [0.4, 0.5) is 19.0 Å². The largest absolute Gasteiger partial charge is 0.417 e. The summed E-state index contributed by atoms with van der Waals surface area (Å²) in [6.07, 6.45) is 0.438. The number of alkyl halides is 3. The number of hydrogen-bond donors (Lipinski definition) is 1. The molecular formula is C13H17ClF3N3. The summed E-state index contributed by atoms with van der Waals surface area (Å²) in [6, 6.07) is 1.02. The van der Waals surface area contributed by atoms with E-state index in [1.165, 1.54) is 0 Å². The second-order valence-corrected chi connectivity index (χ2v) is 5.37. The zero-order chi connectivity index (χ0) is 14.8. The second-order valence-electron chi connectivity index (χ2n) is 4.96. The van der Waals surface area contributed by atoms with Crippen molar-refractivity contribution in [3.8, 4) is 0 Å². The van der Waals surface area contributed by atoms with Gasteiger partial charge in [0.1, 0.15) is 5.82 Å². The number of anilines is 1. The second kappa shape index (κ2) is 6.18. The van der Waals surface area contributed by atoms with Crippen LogP contribution in [0.15, 0.2) is 12.3 Å². The molecule has 1 aromatic rings. The highest BCUT2D eigenvalue weighted by molar-refractivity contribution is 6.33. The quantitative estimate of drug-likeness (QED) is 0.910. The first-order chi connectivity index (χ1) is 9.43. The van der Waals surface area contributed by atoms with E-state index < -0.39 is 11.7 Å². The summed E-state index contributed by atoms with van der Waals surface area (Å²) in [7, 11) is 0. The Kier molecular flexibility index (Phi) is 4.75. The average molecular weight is 308 g/mol. The summed E-state index contributed by atoms with van der Waals surface area (Å²) < 4.78 is 37.9. The molecule has 0 aliphatic carbocycles. The average Bonchev–Trinajstić information content (AvgIpc) is 2.62. The molecule has 0 bridgehead atoms. The molecule has 7 heteroatoms. The fraction of sp³-hybridized carbons (Fsp3) is 0.615. The fourth-order valence-electron chi connectivity index (χ4n) is 2.50. The van der Waals surface area contributed by atoms with Crippen molar-refractivity contribution >= 4 is 17.4 Å². The minimum atomic E-state index is -4.43. The molecule has 112 valence electrons. The molecule has 2 rings (SSSR count). The summed E-state index contributed by atoms with van der Waals surface area (Å²) in [5, 5.41) is 0.0279. The van der Waals surface area contributed by atoms with Gasteiger partial charge in [-0.05, 0) is 18.9 Å². The Balaban J connectivity index is 2.31. The van der Waals surface area contributed by atoms with Gasteiger partial charge in [0.15, 0.2) is 0 Å². The summed E-state index contributed by atoms with van der Waals surface area (Å²) in [6.45, 7) is 1.17. The summed E-state index contributed by atoms with van der Waals surface area (Å²) in [5.74, 6) is 0.400. The molecule has 1 aliphatic rings. The van der Waals surface area contributed by atoms with Crippen LogP contribution in [-0.4, -0.2) is 24.1 Å². The third-order valence-electron chi connectivity index (χ3n) is 3.57. The van der Waals surface area contributed by atoms with Crippen LogP contribution in [0.5, 0.6) is 0 Å². The van der Waals surface area contributed by atoms with Gasteiger partial charge in [-0.15, -0.1) is 0 Å². The molecule has 1 aliphatic heterocycles. The van der Waals surface area contributed by atoms with Crippen LogP contribution in [0, 0.1) is 0 Å². The molecule has 1 fully saturated rings. The van der Waals surface area contributed by atoms with Gasteiger partial charge in [0, 0.05) is 25.3 Å². The predicted octanol–water partition coefficient (Wildman–Crippen LogP) is 3.46. The van der Waals surface area contributed by atoms with Crippen molar-refractivity contribution < 1.29 is 13.2 Å². The fourth-order valence-corrected chi connectivity index (χ4v) is 2.77. The molecule has 1 aromatic heterocycles. The summed E-state index contributed by atoms with van der Waals surface area (Å²) >= 11 is 6.00. The lowest BCUT2D eigenvalue weighted by molar-refractivity contribution is -0.137. The van der Waals surface area contributed by atoms with E-state index in [4.69, 9.17) is 17.3 Å². The number of rotatable bonds is 2. The highest BCUT2D eigenvalue weighted by atomic mass is 35.5. The Bertz CT molecular complexity index is 465. The summed E-state index contributed by atoms with van der Waals surface area (Å²) in [5.41, 5.74) is 4.93. The summed E-state index contributed by atoms with van der Waals surface area (Å²) in [4.78, 5) is 5.87. The molecule has 0 radical (unpaired) electrons. The lowest BCUT2D eigenvalue weighted by Crippen LogP contribution is -2.41. The molecule has 1 atom stereocenters. The topological polar surface area (TPSA) is 42.1 Å². The van der Waals surface area contributed by atoms with Crippen molar-refractivity contribution in [1.29, 1.82) is 0 Å². The molecule has 1 saturated heterocycles. The van der Waals surface area contributed by atoms with E-state index in [2.05, 4.69) is 4.98 Å². The van der Waals surface area contributed by atoms with Gasteiger partial charge in [-0.1, -0.05) is 24.4 Å². The molecule has 3 nitrogen and oxygen atoms in total. The standard InChI is InChI=1S/C13H17ClF3N3/c14-11-6-9(13(15,16)17)8-19-12(11)20-5-3-1-2-4-10(20)7-18/h6,8,10H,1-5,7,18H2. The number of hydrogen-bond acceptors (Lipinski definition) is 3. The van der Waals surface area contributed by atoms with E-state index in [1.807, 2.05) is 4.90 Å². The maximum Gasteiger partial charge on any atom is 0.417 e. The van der Waals surface area contributed by atoms with E-state index >= 15 is 0 Å². The molecule has 0 aromatic carbocycles. The van der Waals surface area contributed by atoms with E-state index in [-0.39, 0.29) is 11.1 Å².